The van der Waals surface area contributed by atoms with Crippen molar-refractivity contribution in [3.05, 3.63) is 17.0 Å². The van der Waals surface area contributed by atoms with Gasteiger partial charge in [-0.25, -0.2) is 0 Å². The van der Waals surface area contributed by atoms with Gasteiger partial charge in [0.2, 0.25) is 0 Å². The molecule has 0 aliphatic carbocycles. The summed E-state index contributed by atoms with van der Waals surface area (Å²) in [5.41, 5.74) is 5.17. The normalized spacial score (nSPS) is 8.67. The quantitative estimate of drug-likeness (QED) is 0.687. The van der Waals surface area contributed by atoms with Crippen LogP contribution in [0.15, 0.2) is 10.6 Å². The van der Waals surface area contributed by atoms with E-state index in [2.05, 4.69) is 9.68 Å². The summed E-state index contributed by atoms with van der Waals surface area (Å²) >= 11 is 5.38. The summed E-state index contributed by atoms with van der Waals surface area (Å²) in [6.07, 6.45) is 0. The van der Waals surface area contributed by atoms with Gasteiger partial charge in [0.05, 0.1) is 6.54 Å². The molecule has 0 saturated carbocycles. The second-order valence-corrected chi connectivity index (χ2v) is 1.71. The van der Waals surface area contributed by atoms with E-state index in [1.807, 2.05) is 0 Å². The number of nitrogens with zero attached hydrogens (tertiary/aromatic N) is 1. The van der Waals surface area contributed by atoms with Crippen LogP contribution in [0.3, 0.4) is 0 Å². The zero-order chi connectivity index (χ0) is 5.98. The molecule has 1 rings (SSSR count). The van der Waals surface area contributed by atoms with E-state index in [0.29, 0.717) is 17.5 Å². The first kappa shape index (κ1) is 8.75. The molecule has 1 aromatic heterocycles. The lowest BCUT2D eigenvalue weighted by Gasteiger charge is -1.77. The van der Waals surface area contributed by atoms with E-state index >= 15 is 0 Å². The van der Waals surface area contributed by atoms with Gasteiger partial charge in [-0.2, -0.15) is 0 Å². The van der Waals surface area contributed by atoms with Crippen LogP contribution in [-0.2, 0) is 6.54 Å². The Labute approximate surface area is 63.6 Å². The monoisotopic (exact) mass is 168 g/mol. The van der Waals surface area contributed by atoms with Gasteiger partial charge in [-0.1, -0.05) is 16.8 Å². The molecule has 0 atom stereocenters. The Kier molecular flexibility index (Phi) is 3.61. The van der Waals surface area contributed by atoms with E-state index in [-0.39, 0.29) is 12.4 Å². The van der Waals surface area contributed by atoms with E-state index in [1.165, 1.54) is 0 Å². The lowest BCUT2D eigenvalue weighted by atomic mass is 10.5. The minimum Gasteiger partial charge on any atom is -0.358 e. The zero-order valence-electron chi connectivity index (χ0n) is 4.50. The highest BCUT2D eigenvalue weighted by molar-refractivity contribution is 6.29. The minimum atomic E-state index is 0. The highest BCUT2D eigenvalue weighted by Crippen LogP contribution is 2.06. The Morgan fingerprint density at radius 1 is 1.78 bits per heavy atom. The first-order valence-corrected chi connectivity index (χ1v) is 2.52. The molecule has 9 heavy (non-hydrogen) atoms. The highest BCUT2D eigenvalue weighted by atomic mass is 35.5. The molecular weight excluding hydrogens is 163 g/mol. The van der Waals surface area contributed by atoms with Gasteiger partial charge in [-0.15, -0.1) is 12.4 Å². The first-order chi connectivity index (χ1) is 3.83. The molecule has 0 amide bonds. The molecule has 0 spiro atoms. The molecule has 5 heteroatoms. The van der Waals surface area contributed by atoms with Gasteiger partial charge in [0.1, 0.15) is 0 Å². The number of nitrogens with two attached hydrogens (primary N) is 1. The summed E-state index contributed by atoms with van der Waals surface area (Å²) in [6.45, 7) is 0.347. The molecule has 0 aliphatic heterocycles. The van der Waals surface area contributed by atoms with E-state index < -0.39 is 0 Å². The van der Waals surface area contributed by atoms with Crippen LogP contribution >= 0.6 is 24.0 Å². The van der Waals surface area contributed by atoms with Crippen LogP contribution in [0.25, 0.3) is 0 Å². The third-order valence-electron chi connectivity index (χ3n) is 0.731. The molecule has 1 heterocycles. The van der Waals surface area contributed by atoms with Crippen molar-refractivity contribution < 1.29 is 4.52 Å². The molecule has 52 valence electrons. The summed E-state index contributed by atoms with van der Waals surface area (Å²) in [7, 11) is 0. The summed E-state index contributed by atoms with van der Waals surface area (Å²) in [6, 6.07) is 1.58. The van der Waals surface area contributed by atoms with Crippen molar-refractivity contribution >= 4 is 24.0 Å². The van der Waals surface area contributed by atoms with Crippen LogP contribution in [0.2, 0.25) is 5.15 Å². The van der Waals surface area contributed by atoms with Gasteiger partial charge in [0.25, 0.3) is 0 Å². The SMILES string of the molecule is Cl.NCc1cc(Cl)no1. The number of rotatable bonds is 1. The topological polar surface area (TPSA) is 52.0 Å². The Morgan fingerprint density at radius 3 is 2.67 bits per heavy atom. The largest absolute Gasteiger partial charge is 0.358 e. The number of hydrogen-bond acceptors (Lipinski definition) is 3. The molecule has 0 bridgehead atoms. The van der Waals surface area contributed by atoms with Gasteiger partial charge in [0, 0.05) is 6.07 Å². The van der Waals surface area contributed by atoms with E-state index in [1.54, 1.807) is 6.07 Å². The molecule has 0 aliphatic rings. The second-order valence-electron chi connectivity index (χ2n) is 1.32. The Morgan fingerprint density at radius 2 is 2.44 bits per heavy atom. The maximum atomic E-state index is 5.38. The van der Waals surface area contributed by atoms with Crippen molar-refractivity contribution in [2.45, 2.75) is 6.54 Å². The maximum Gasteiger partial charge on any atom is 0.172 e. The number of aromatic nitrogens is 1. The van der Waals surface area contributed by atoms with Crippen molar-refractivity contribution in [3.8, 4) is 0 Å². The lowest BCUT2D eigenvalue weighted by Crippen LogP contribution is -1.92. The highest BCUT2D eigenvalue weighted by Gasteiger charge is 1.95. The van der Waals surface area contributed by atoms with Crippen LogP contribution in [0.5, 0.6) is 0 Å². The molecule has 2 N–H and O–H groups in total. The Bertz CT molecular complexity index is 177. The predicted octanol–water partition coefficient (Wildman–Crippen LogP) is 1.21. The Hall–Kier alpha value is -0.250. The molecule has 0 saturated heterocycles. The minimum absolute atomic E-state index is 0. The van der Waals surface area contributed by atoms with Crippen molar-refractivity contribution in [2.24, 2.45) is 5.73 Å². The van der Waals surface area contributed by atoms with Crippen molar-refractivity contribution in [2.75, 3.05) is 0 Å². The second kappa shape index (κ2) is 3.71. The molecule has 0 fully saturated rings. The smallest absolute Gasteiger partial charge is 0.172 e. The van der Waals surface area contributed by atoms with Crippen molar-refractivity contribution in [1.29, 1.82) is 0 Å². The predicted molar refractivity (Wildman–Crippen MR) is 36.7 cm³/mol. The van der Waals surface area contributed by atoms with Crippen LogP contribution in [0, 0.1) is 0 Å². The molecule has 3 nitrogen and oxygen atoms in total. The van der Waals surface area contributed by atoms with Crippen LogP contribution in [0.4, 0.5) is 0 Å². The average Bonchev–Trinajstić information content (AvgIpc) is 2.14. The molecule has 1 aromatic rings. The van der Waals surface area contributed by atoms with Crippen molar-refractivity contribution in [1.82, 2.24) is 5.16 Å². The third-order valence-corrected chi connectivity index (χ3v) is 0.909. The average molecular weight is 169 g/mol. The van der Waals surface area contributed by atoms with Gasteiger partial charge in [-0.05, 0) is 0 Å². The van der Waals surface area contributed by atoms with E-state index in [4.69, 9.17) is 17.3 Å². The van der Waals surface area contributed by atoms with Gasteiger partial charge >= 0.3 is 0 Å². The summed E-state index contributed by atoms with van der Waals surface area (Å²) in [4.78, 5) is 0. The third kappa shape index (κ3) is 2.22. The molecular formula is C4H6Cl2N2O. The molecule has 0 unspecified atom stereocenters. The summed E-state index contributed by atoms with van der Waals surface area (Å²) in [5.74, 6) is 0.606. The number of hydrogen-bond donors (Lipinski definition) is 1. The fourth-order valence-corrected chi connectivity index (χ4v) is 0.540. The van der Waals surface area contributed by atoms with Crippen LogP contribution < -0.4 is 5.73 Å². The summed E-state index contributed by atoms with van der Waals surface area (Å²) < 4.78 is 4.61. The van der Waals surface area contributed by atoms with Gasteiger partial charge in [0.15, 0.2) is 10.9 Å². The van der Waals surface area contributed by atoms with Gasteiger partial charge in [-0.3, -0.25) is 0 Å². The van der Waals surface area contributed by atoms with Crippen molar-refractivity contribution in [3.63, 3.8) is 0 Å². The van der Waals surface area contributed by atoms with E-state index in [9.17, 15) is 0 Å². The van der Waals surface area contributed by atoms with Crippen LogP contribution in [0.1, 0.15) is 5.76 Å². The lowest BCUT2D eigenvalue weighted by molar-refractivity contribution is 0.385. The standard InChI is InChI=1S/C4H5ClN2O.ClH/c5-4-1-3(2-6)8-7-4;/h1H,2,6H2;1H. The first-order valence-electron chi connectivity index (χ1n) is 2.14. The molecule has 0 aromatic carbocycles. The fraction of sp³-hybridized carbons (Fsp3) is 0.250. The Balaban J connectivity index is 0.000000640. The van der Waals surface area contributed by atoms with Crippen LogP contribution in [-0.4, -0.2) is 5.16 Å². The summed E-state index contributed by atoms with van der Waals surface area (Å²) in [5, 5.41) is 3.75. The maximum absolute atomic E-state index is 5.38. The number of halogens is 2. The van der Waals surface area contributed by atoms with Gasteiger partial charge < -0.3 is 10.3 Å². The van der Waals surface area contributed by atoms with E-state index in [0.717, 1.165) is 0 Å². The molecule has 0 radical (unpaired) electrons. The zero-order valence-corrected chi connectivity index (χ0v) is 6.08. The fourth-order valence-electron chi connectivity index (χ4n) is 0.384.